The van der Waals surface area contributed by atoms with Gasteiger partial charge in [-0.1, -0.05) is 41.7 Å². The Labute approximate surface area is 174 Å². The Kier molecular flexibility index (Phi) is 6.39. The summed E-state index contributed by atoms with van der Waals surface area (Å²) >= 11 is 1.55. The lowest BCUT2D eigenvalue weighted by Crippen LogP contribution is -2.44. The second kappa shape index (κ2) is 9.35. The first-order chi connectivity index (χ1) is 14.2. The lowest BCUT2D eigenvalue weighted by Gasteiger charge is -2.29. The highest BCUT2D eigenvalue weighted by Crippen LogP contribution is 2.30. The van der Waals surface area contributed by atoms with E-state index in [1.54, 1.807) is 16.2 Å². The third-order valence-electron chi connectivity index (χ3n) is 4.99. The van der Waals surface area contributed by atoms with Crippen LogP contribution in [-0.2, 0) is 9.53 Å². The maximum atomic E-state index is 13.1. The molecular formula is C22H25N3O3S. The maximum absolute atomic E-state index is 13.1. The molecule has 1 saturated heterocycles. The van der Waals surface area contributed by atoms with Gasteiger partial charge in [0.25, 0.3) is 5.91 Å². The van der Waals surface area contributed by atoms with Crippen LogP contribution in [0.15, 0.2) is 48.5 Å². The zero-order valence-electron chi connectivity index (χ0n) is 16.5. The van der Waals surface area contributed by atoms with Crippen LogP contribution in [0, 0.1) is 6.92 Å². The van der Waals surface area contributed by atoms with Gasteiger partial charge >= 0.3 is 0 Å². The number of aryl methyl sites for hydroxylation is 1. The molecule has 0 radical (unpaired) electrons. The minimum Gasteiger partial charge on any atom is -0.484 e. The van der Waals surface area contributed by atoms with Crippen molar-refractivity contribution in [2.75, 3.05) is 50.9 Å². The van der Waals surface area contributed by atoms with Gasteiger partial charge < -0.3 is 9.47 Å². The molecule has 2 heterocycles. The van der Waals surface area contributed by atoms with Gasteiger partial charge in [0.15, 0.2) is 11.7 Å². The molecule has 0 saturated carbocycles. The number of aromatic nitrogens is 1. The van der Waals surface area contributed by atoms with E-state index in [0.29, 0.717) is 12.3 Å². The summed E-state index contributed by atoms with van der Waals surface area (Å²) in [5.41, 5.74) is 2.08. The zero-order chi connectivity index (χ0) is 20.1. The van der Waals surface area contributed by atoms with E-state index < -0.39 is 0 Å². The average Bonchev–Trinajstić information content (AvgIpc) is 3.19. The third-order valence-corrected chi connectivity index (χ3v) is 6.03. The number of thiazole rings is 1. The largest absolute Gasteiger partial charge is 0.484 e. The predicted octanol–water partition coefficient (Wildman–Crippen LogP) is 3.35. The van der Waals surface area contributed by atoms with Crippen molar-refractivity contribution in [1.82, 2.24) is 9.88 Å². The number of anilines is 1. The van der Waals surface area contributed by atoms with E-state index in [2.05, 4.69) is 11.0 Å². The second-order valence-corrected chi connectivity index (χ2v) is 8.03. The minimum absolute atomic E-state index is 0.0119. The van der Waals surface area contributed by atoms with E-state index in [1.165, 1.54) is 0 Å². The Morgan fingerprint density at radius 2 is 1.97 bits per heavy atom. The van der Waals surface area contributed by atoms with E-state index in [0.717, 1.165) is 53.8 Å². The third kappa shape index (κ3) is 4.93. The van der Waals surface area contributed by atoms with Gasteiger partial charge in [0, 0.05) is 26.2 Å². The van der Waals surface area contributed by atoms with Gasteiger partial charge in [0.05, 0.1) is 23.4 Å². The van der Waals surface area contributed by atoms with Gasteiger partial charge in [-0.05, 0) is 30.7 Å². The summed E-state index contributed by atoms with van der Waals surface area (Å²) in [6, 6.07) is 15.5. The van der Waals surface area contributed by atoms with Crippen LogP contribution < -0.4 is 9.64 Å². The molecule has 2 aromatic carbocycles. The van der Waals surface area contributed by atoms with Gasteiger partial charge in [-0.2, -0.15) is 0 Å². The van der Waals surface area contributed by atoms with Gasteiger partial charge in [0.1, 0.15) is 5.75 Å². The Bertz CT molecular complexity index is 954. The topological polar surface area (TPSA) is 54.9 Å². The van der Waals surface area contributed by atoms with Crippen molar-refractivity contribution < 1.29 is 14.3 Å². The molecule has 1 aromatic heterocycles. The first kappa shape index (κ1) is 19.8. The molecule has 0 unspecified atom stereocenters. The first-order valence-electron chi connectivity index (χ1n) is 9.85. The van der Waals surface area contributed by atoms with Gasteiger partial charge in [-0.25, -0.2) is 4.98 Å². The smallest absolute Gasteiger partial charge is 0.266 e. The fourth-order valence-corrected chi connectivity index (χ4v) is 4.41. The number of amides is 1. The van der Waals surface area contributed by atoms with Crippen molar-refractivity contribution in [3.63, 3.8) is 0 Å². The molecule has 0 N–H and O–H groups in total. The number of carbonyl (C=O) groups is 1. The van der Waals surface area contributed by atoms with Crippen molar-refractivity contribution >= 4 is 32.6 Å². The molecule has 3 aromatic rings. The number of rotatable bonds is 7. The number of para-hydroxylation sites is 2. The quantitative estimate of drug-likeness (QED) is 0.597. The molecule has 0 spiro atoms. The summed E-state index contributed by atoms with van der Waals surface area (Å²) in [6.07, 6.45) is 0. The van der Waals surface area contributed by atoms with Gasteiger partial charge in [-0.3, -0.25) is 14.6 Å². The summed E-state index contributed by atoms with van der Waals surface area (Å²) in [6.45, 7) is 6.66. The number of fused-ring (bicyclic) bond motifs is 1. The van der Waals surface area contributed by atoms with Crippen molar-refractivity contribution in [2.24, 2.45) is 0 Å². The molecule has 6 nitrogen and oxygen atoms in total. The minimum atomic E-state index is -0.0844. The molecule has 29 heavy (non-hydrogen) atoms. The van der Waals surface area contributed by atoms with Crippen molar-refractivity contribution in [2.45, 2.75) is 6.92 Å². The summed E-state index contributed by atoms with van der Waals surface area (Å²) in [7, 11) is 0. The number of carbonyl (C=O) groups excluding carboxylic acids is 1. The normalized spacial score (nSPS) is 14.8. The van der Waals surface area contributed by atoms with Crippen LogP contribution in [0.5, 0.6) is 5.75 Å². The van der Waals surface area contributed by atoms with Crippen LogP contribution in [0.3, 0.4) is 0 Å². The van der Waals surface area contributed by atoms with Gasteiger partial charge in [0.2, 0.25) is 0 Å². The zero-order valence-corrected chi connectivity index (χ0v) is 17.4. The molecule has 1 aliphatic rings. The molecule has 0 bridgehead atoms. The van der Waals surface area contributed by atoms with Crippen LogP contribution >= 0.6 is 11.3 Å². The second-order valence-electron chi connectivity index (χ2n) is 7.02. The Morgan fingerprint density at radius 3 is 2.72 bits per heavy atom. The van der Waals surface area contributed by atoms with E-state index in [9.17, 15) is 4.79 Å². The Hall–Kier alpha value is -2.48. The number of ether oxygens (including phenoxy) is 2. The summed E-state index contributed by atoms with van der Waals surface area (Å²) in [4.78, 5) is 21.9. The van der Waals surface area contributed by atoms with E-state index in [-0.39, 0.29) is 12.5 Å². The van der Waals surface area contributed by atoms with E-state index in [4.69, 9.17) is 14.5 Å². The predicted molar refractivity (Wildman–Crippen MR) is 116 cm³/mol. The number of nitrogens with zero attached hydrogens (tertiary/aromatic N) is 3. The number of hydrogen-bond donors (Lipinski definition) is 0. The van der Waals surface area contributed by atoms with Crippen molar-refractivity contribution in [3.8, 4) is 5.75 Å². The first-order valence-corrected chi connectivity index (χ1v) is 10.7. The van der Waals surface area contributed by atoms with Crippen LogP contribution in [0.4, 0.5) is 5.13 Å². The molecule has 7 heteroatoms. The van der Waals surface area contributed by atoms with Crippen LogP contribution in [0.1, 0.15) is 5.56 Å². The fourth-order valence-electron chi connectivity index (χ4n) is 3.32. The highest BCUT2D eigenvalue weighted by Gasteiger charge is 2.22. The van der Waals surface area contributed by atoms with E-state index >= 15 is 0 Å². The molecule has 152 valence electrons. The molecule has 1 amide bonds. The fraction of sp³-hybridized carbons (Fsp3) is 0.364. The summed E-state index contributed by atoms with van der Waals surface area (Å²) in [5, 5.41) is 0.726. The molecule has 1 fully saturated rings. The van der Waals surface area contributed by atoms with Gasteiger partial charge in [-0.15, -0.1) is 0 Å². The summed E-state index contributed by atoms with van der Waals surface area (Å²) < 4.78 is 12.2. The highest BCUT2D eigenvalue weighted by molar-refractivity contribution is 7.22. The van der Waals surface area contributed by atoms with Crippen LogP contribution in [0.25, 0.3) is 10.2 Å². The monoisotopic (exact) mass is 411 g/mol. The molecule has 0 aliphatic carbocycles. The average molecular weight is 412 g/mol. The highest BCUT2D eigenvalue weighted by atomic mass is 32.1. The molecular weight excluding hydrogens is 386 g/mol. The maximum Gasteiger partial charge on any atom is 0.266 e. The van der Waals surface area contributed by atoms with Crippen molar-refractivity contribution in [3.05, 3.63) is 54.1 Å². The SMILES string of the molecule is Cc1cccc2sc(N(CCN3CCOCC3)C(=O)COc3ccccc3)nc12. The van der Waals surface area contributed by atoms with Crippen LogP contribution in [0.2, 0.25) is 0 Å². The van der Waals surface area contributed by atoms with Crippen molar-refractivity contribution in [1.29, 1.82) is 0 Å². The lowest BCUT2D eigenvalue weighted by atomic mass is 10.2. The number of benzene rings is 2. The molecule has 4 rings (SSSR count). The lowest BCUT2D eigenvalue weighted by molar-refractivity contribution is -0.120. The number of hydrogen-bond acceptors (Lipinski definition) is 6. The summed E-state index contributed by atoms with van der Waals surface area (Å²) in [5.74, 6) is 0.605. The standard InChI is InChI=1S/C22H25N3O3S/c1-17-6-5-9-19-21(17)23-22(29-19)25(11-10-24-12-14-27-15-13-24)20(26)16-28-18-7-3-2-4-8-18/h2-9H,10-16H2,1H3. The Balaban J connectivity index is 1.52. The van der Waals surface area contributed by atoms with E-state index in [1.807, 2.05) is 49.4 Å². The molecule has 0 atom stereocenters. The van der Waals surface area contributed by atoms with Crippen LogP contribution in [-0.4, -0.2) is 61.8 Å². The number of morpholine rings is 1. The Morgan fingerprint density at radius 1 is 1.17 bits per heavy atom. The molecule has 1 aliphatic heterocycles.